The number of thiazole rings is 1. The summed E-state index contributed by atoms with van der Waals surface area (Å²) in [5.41, 5.74) is 2.96. The Morgan fingerprint density at radius 3 is 2.69 bits per heavy atom. The van der Waals surface area contributed by atoms with Crippen molar-refractivity contribution in [3.8, 4) is 33.5 Å². The molecule has 0 amide bonds. The molecule has 4 rings (SSSR count). The predicted molar refractivity (Wildman–Crippen MR) is 120 cm³/mol. The van der Waals surface area contributed by atoms with Gasteiger partial charge in [0.1, 0.15) is 5.01 Å². The summed E-state index contributed by atoms with van der Waals surface area (Å²) in [6, 6.07) is 13.7. The lowest BCUT2D eigenvalue weighted by Gasteiger charge is -2.08. The van der Waals surface area contributed by atoms with Crippen molar-refractivity contribution in [2.45, 2.75) is 10.9 Å². The van der Waals surface area contributed by atoms with E-state index in [-0.39, 0.29) is 0 Å². The molecule has 2 heterocycles. The van der Waals surface area contributed by atoms with E-state index in [4.69, 9.17) is 14.5 Å². The summed E-state index contributed by atoms with van der Waals surface area (Å²) in [7, 11) is 3.26. The number of benzene rings is 2. The quantitative estimate of drug-likeness (QED) is 0.338. The zero-order valence-electron chi connectivity index (χ0n) is 15.7. The first-order valence-corrected chi connectivity index (χ1v) is 11.3. The molecule has 148 valence electrons. The molecule has 29 heavy (non-hydrogen) atoms. The van der Waals surface area contributed by atoms with Crippen molar-refractivity contribution < 1.29 is 9.47 Å². The van der Waals surface area contributed by atoms with Gasteiger partial charge in [0.05, 0.1) is 19.9 Å². The number of methoxy groups -OCH3 is 2. The Kier molecular flexibility index (Phi) is 6.17. The van der Waals surface area contributed by atoms with E-state index in [1.165, 1.54) is 0 Å². The lowest BCUT2D eigenvalue weighted by molar-refractivity contribution is 0.355. The number of ether oxygens (including phenoxy) is 2. The maximum absolute atomic E-state index is 5.38. The largest absolute Gasteiger partial charge is 0.493 e. The van der Waals surface area contributed by atoms with Crippen molar-refractivity contribution in [1.82, 2.24) is 20.2 Å². The molecule has 0 radical (unpaired) electrons. The van der Waals surface area contributed by atoms with Gasteiger partial charge in [-0.05, 0) is 24.3 Å². The van der Waals surface area contributed by atoms with Crippen LogP contribution in [0.4, 0.5) is 0 Å². The Balaban J connectivity index is 1.45. The number of hydrogen-bond donors (Lipinski definition) is 1. The lowest BCUT2D eigenvalue weighted by Crippen LogP contribution is -1.91. The maximum Gasteiger partial charge on any atom is 0.209 e. The molecular formula is C20H17BrN4O2S2. The number of aromatic amines is 1. The monoisotopic (exact) mass is 488 g/mol. The van der Waals surface area contributed by atoms with E-state index in [2.05, 4.69) is 36.5 Å². The summed E-state index contributed by atoms with van der Waals surface area (Å²) in [6.45, 7) is 0. The van der Waals surface area contributed by atoms with Gasteiger partial charge in [-0.2, -0.15) is 0 Å². The minimum Gasteiger partial charge on any atom is -0.493 e. The second-order valence-electron chi connectivity index (χ2n) is 5.95. The van der Waals surface area contributed by atoms with Gasteiger partial charge < -0.3 is 9.47 Å². The van der Waals surface area contributed by atoms with E-state index in [1.807, 2.05) is 42.5 Å². The van der Waals surface area contributed by atoms with Gasteiger partial charge >= 0.3 is 0 Å². The first-order valence-electron chi connectivity index (χ1n) is 8.65. The fourth-order valence-corrected chi connectivity index (χ4v) is 4.78. The number of nitrogens with zero attached hydrogens (tertiary/aromatic N) is 3. The fraction of sp³-hybridized carbons (Fsp3) is 0.150. The lowest BCUT2D eigenvalue weighted by atomic mass is 10.2. The van der Waals surface area contributed by atoms with Crippen LogP contribution in [0.1, 0.15) is 5.69 Å². The maximum atomic E-state index is 5.38. The molecular weight excluding hydrogens is 472 g/mol. The van der Waals surface area contributed by atoms with Crippen LogP contribution in [0.2, 0.25) is 0 Å². The van der Waals surface area contributed by atoms with Crippen molar-refractivity contribution in [3.05, 3.63) is 58.0 Å². The summed E-state index contributed by atoms with van der Waals surface area (Å²) in [5.74, 6) is 2.83. The zero-order valence-corrected chi connectivity index (χ0v) is 18.9. The van der Waals surface area contributed by atoms with Gasteiger partial charge in [-0.15, -0.1) is 16.4 Å². The Hall–Kier alpha value is -2.36. The molecule has 0 unspecified atom stereocenters. The first-order chi connectivity index (χ1) is 14.2. The molecule has 0 saturated heterocycles. The summed E-state index contributed by atoms with van der Waals surface area (Å²) >= 11 is 6.69. The smallest absolute Gasteiger partial charge is 0.209 e. The summed E-state index contributed by atoms with van der Waals surface area (Å²) in [5, 5.41) is 11.0. The third-order valence-electron chi connectivity index (χ3n) is 4.13. The molecule has 0 aliphatic heterocycles. The van der Waals surface area contributed by atoms with Crippen LogP contribution in [-0.4, -0.2) is 34.4 Å². The molecule has 6 nitrogen and oxygen atoms in total. The topological polar surface area (TPSA) is 72.9 Å². The molecule has 0 bridgehead atoms. The molecule has 0 saturated carbocycles. The van der Waals surface area contributed by atoms with Gasteiger partial charge in [-0.1, -0.05) is 45.9 Å². The van der Waals surface area contributed by atoms with Crippen molar-refractivity contribution >= 4 is 39.0 Å². The fourth-order valence-electron chi connectivity index (χ4n) is 2.70. The third-order valence-corrected chi connectivity index (χ3v) is 6.64. The van der Waals surface area contributed by atoms with E-state index >= 15 is 0 Å². The number of thioether (sulfide) groups is 1. The molecule has 9 heteroatoms. The van der Waals surface area contributed by atoms with E-state index in [1.54, 1.807) is 37.3 Å². The second-order valence-corrected chi connectivity index (χ2v) is 8.60. The minimum atomic E-state index is 0.691. The molecule has 4 aromatic rings. The van der Waals surface area contributed by atoms with Gasteiger partial charge in [0.2, 0.25) is 5.16 Å². The van der Waals surface area contributed by atoms with Crippen LogP contribution in [0.15, 0.2) is 57.5 Å². The molecule has 0 aliphatic rings. The molecule has 1 N–H and O–H groups in total. The van der Waals surface area contributed by atoms with Gasteiger partial charge in [0.15, 0.2) is 17.3 Å². The zero-order chi connectivity index (χ0) is 20.2. The van der Waals surface area contributed by atoms with Crippen LogP contribution in [0, 0.1) is 0 Å². The van der Waals surface area contributed by atoms with Crippen LogP contribution < -0.4 is 9.47 Å². The van der Waals surface area contributed by atoms with Gasteiger partial charge in [-0.25, -0.2) is 9.97 Å². The minimum absolute atomic E-state index is 0.691. The Morgan fingerprint density at radius 1 is 1.07 bits per heavy atom. The number of aromatic nitrogens is 4. The molecule has 2 aromatic carbocycles. The number of H-pyrrole nitrogens is 1. The van der Waals surface area contributed by atoms with Crippen LogP contribution >= 0.6 is 39.0 Å². The molecule has 0 fully saturated rings. The van der Waals surface area contributed by atoms with Crippen molar-refractivity contribution in [3.63, 3.8) is 0 Å². The average Bonchev–Trinajstić information content (AvgIpc) is 3.42. The number of hydrogen-bond acceptors (Lipinski definition) is 7. The van der Waals surface area contributed by atoms with Crippen LogP contribution in [0.5, 0.6) is 11.5 Å². The second kappa shape index (κ2) is 8.98. The van der Waals surface area contributed by atoms with Crippen LogP contribution in [0.25, 0.3) is 22.0 Å². The van der Waals surface area contributed by atoms with E-state index < -0.39 is 0 Å². The highest BCUT2D eigenvalue weighted by molar-refractivity contribution is 9.10. The van der Waals surface area contributed by atoms with Crippen LogP contribution in [-0.2, 0) is 5.75 Å². The van der Waals surface area contributed by atoms with Crippen LogP contribution in [0.3, 0.4) is 0 Å². The molecule has 0 aliphatic carbocycles. The molecule has 0 spiro atoms. The number of halogens is 1. The van der Waals surface area contributed by atoms with E-state index in [0.29, 0.717) is 22.4 Å². The average molecular weight is 489 g/mol. The van der Waals surface area contributed by atoms with Gasteiger partial charge in [0, 0.05) is 26.7 Å². The Bertz CT molecular complexity index is 1130. The standard InChI is InChI=1S/C20H17BrN4O2S2/c1-26-16-8-7-12(9-17(16)27-2)19-22-13(10-28-19)11-29-20-23-18(24-25-20)14-5-3-4-6-15(14)21/h3-10H,11H2,1-2H3,(H,23,24,25). The van der Waals surface area contributed by atoms with Crippen molar-refractivity contribution in [2.75, 3.05) is 14.2 Å². The Labute approximate surface area is 184 Å². The third kappa shape index (κ3) is 4.47. The SMILES string of the molecule is COc1ccc(-c2nc(CSc3n[nH]c(-c4ccccc4Br)n3)cs2)cc1OC. The normalized spacial score (nSPS) is 10.9. The summed E-state index contributed by atoms with van der Waals surface area (Å²) in [4.78, 5) is 9.31. The summed E-state index contributed by atoms with van der Waals surface area (Å²) in [6.07, 6.45) is 0. The highest BCUT2D eigenvalue weighted by atomic mass is 79.9. The van der Waals surface area contributed by atoms with E-state index in [0.717, 1.165) is 32.1 Å². The summed E-state index contributed by atoms with van der Waals surface area (Å²) < 4.78 is 11.7. The first kappa shape index (κ1) is 19.9. The number of nitrogens with one attached hydrogen (secondary N) is 1. The molecule has 0 atom stereocenters. The van der Waals surface area contributed by atoms with Gasteiger partial charge in [0.25, 0.3) is 0 Å². The van der Waals surface area contributed by atoms with Gasteiger partial charge in [-0.3, -0.25) is 5.10 Å². The number of rotatable bonds is 7. The predicted octanol–water partition coefficient (Wildman–Crippen LogP) is 5.67. The van der Waals surface area contributed by atoms with E-state index in [9.17, 15) is 0 Å². The highest BCUT2D eigenvalue weighted by Crippen LogP contribution is 2.34. The van der Waals surface area contributed by atoms with Crippen molar-refractivity contribution in [1.29, 1.82) is 0 Å². The Morgan fingerprint density at radius 2 is 1.90 bits per heavy atom. The molecule has 2 aromatic heterocycles. The van der Waals surface area contributed by atoms with Crippen molar-refractivity contribution in [2.24, 2.45) is 0 Å². The highest BCUT2D eigenvalue weighted by Gasteiger charge is 2.12.